The van der Waals surface area contributed by atoms with E-state index in [1.165, 1.54) is 42.8 Å². The van der Waals surface area contributed by atoms with Crippen molar-refractivity contribution in [1.82, 2.24) is 0 Å². The molecule has 1 nitrogen and oxygen atoms in total. The molecule has 0 saturated heterocycles. The summed E-state index contributed by atoms with van der Waals surface area (Å²) in [4.78, 5) is 0. The summed E-state index contributed by atoms with van der Waals surface area (Å²) in [6, 6.07) is 8.43. The van der Waals surface area contributed by atoms with Gasteiger partial charge in [0.05, 0.1) is 7.11 Å². The van der Waals surface area contributed by atoms with Crippen molar-refractivity contribution in [3.05, 3.63) is 29.8 Å². The molecule has 2 rings (SSSR count). The zero-order valence-corrected chi connectivity index (χ0v) is 10.8. The van der Waals surface area contributed by atoms with Crippen LogP contribution < -0.4 is 4.74 Å². The molecule has 0 aromatic heterocycles. The molecule has 1 aliphatic rings. The van der Waals surface area contributed by atoms with Gasteiger partial charge in [-0.3, -0.25) is 0 Å². The monoisotopic (exact) mass is 236 g/mol. The molecule has 0 atom stereocenters. The van der Waals surface area contributed by atoms with Crippen LogP contribution >= 0.6 is 11.8 Å². The first-order valence-corrected chi connectivity index (χ1v) is 7.24. The average Bonchev–Trinajstić information content (AvgIpc) is 2.27. The highest BCUT2D eigenvalue weighted by Gasteiger charge is 2.16. The molecule has 1 aliphatic carbocycles. The summed E-state index contributed by atoms with van der Waals surface area (Å²) in [6.07, 6.45) is 5.58. The number of thioether (sulfide) groups is 1. The maximum atomic E-state index is 5.14. The van der Waals surface area contributed by atoms with Gasteiger partial charge in [-0.15, -0.1) is 0 Å². The summed E-state index contributed by atoms with van der Waals surface area (Å²) >= 11 is 2.11. The second-order valence-electron chi connectivity index (χ2n) is 4.47. The molecular formula is C14H20OS. The molecule has 0 radical (unpaired) electrons. The first-order valence-electron chi connectivity index (χ1n) is 6.09. The summed E-state index contributed by atoms with van der Waals surface area (Å²) < 4.78 is 5.14. The van der Waals surface area contributed by atoms with Crippen molar-refractivity contribution in [2.75, 3.05) is 18.6 Å². The second-order valence-corrected chi connectivity index (χ2v) is 5.62. The molecular weight excluding hydrogens is 216 g/mol. The van der Waals surface area contributed by atoms with E-state index in [0.29, 0.717) is 0 Å². The molecule has 0 spiro atoms. The highest BCUT2D eigenvalue weighted by Crippen LogP contribution is 2.29. The molecule has 88 valence electrons. The SMILES string of the molecule is COc1ccc(CCSCC2CCC2)cc1. The molecule has 0 N–H and O–H groups in total. The Kier molecular flexibility index (Phi) is 4.58. The van der Waals surface area contributed by atoms with E-state index in [9.17, 15) is 0 Å². The van der Waals surface area contributed by atoms with E-state index in [1.807, 2.05) is 12.1 Å². The number of methoxy groups -OCH3 is 1. The van der Waals surface area contributed by atoms with Gasteiger partial charge in [0.1, 0.15) is 5.75 Å². The van der Waals surface area contributed by atoms with Gasteiger partial charge >= 0.3 is 0 Å². The molecule has 2 heteroatoms. The predicted octanol–water partition coefficient (Wildman–Crippen LogP) is 3.77. The van der Waals surface area contributed by atoms with Gasteiger partial charge in [0.2, 0.25) is 0 Å². The van der Waals surface area contributed by atoms with Crippen LogP contribution in [0, 0.1) is 5.92 Å². The molecule has 0 aliphatic heterocycles. The number of rotatable bonds is 6. The van der Waals surface area contributed by atoms with Gasteiger partial charge in [-0.2, -0.15) is 11.8 Å². The molecule has 16 heavy (non-hydrogen) atoms. The lowest BCUT2D eigenvalue weighted by atomic mass is 9.87. The van der Waals surface area contributed by atoms with Gasteiger partial charge in [0.15, 0.2) is 0 Å². The first-order chi connectivity index (χ1) is 7.88. The van der Waals surface area contributed by atoms with Crippen molar-refractivity contribution < 1.29 is 4.74 Å². The highest BCUT2D eigenvalue weighted by molar-refractivity contribution is 7.99. The van der Waals surface area contributed by atoms with E-state index in [4.69, 9.17) is 4.74 Å². The minimum atomic E-state index is 0.950. The van der Waals surface area contributed by atoms with Crippen molar-refractivity contribution in [2.45, 2.75) is 25.7 Å². The van der Waals surface area contributed by atoms with Crippen LogP contribution in [0.15, 0.2) is 24.3 Å². The van der Waals surface area contributed by atoms with Crippen molar-refractivity contribution in [3.8, 4) is 5.75 Å². The predicted molar refractivity (Wildman–Crippen MR) is 71.4 cm³/mol. The Morgan fingerprint density at radius 3 is 2.56 bits per heavy atom. The van der Waals surface area contributed by atoms with Gasteiger partial charge in [0.25, 0.3) is 0 Å². The minimum absolute atomic E-state index is 0.950. The van der Waals surface area contributed by atoms with Crippen molar-refractivity contribution >= 4 is 11.8 Å². The number of aryl methyl sites for hydroxylation is 1. The minimum Gasteiger partial charge on any atom is -0.497 e. The Labute approximate surface area is 103 Å². The van der Waals surface area contributed by atoms with Gasteiger partial charge in [-0.1, -0.05) is 18.6 Å². The molecule has 0 unspecified atom stereocenters. The van der Waals surface area contributed by atoms with E-state index >= 15 is 0 Å². The van der Waals surface area contributed by atoms with E-state index in [0.717, 1.165) is 11.7 Å². The third-order valence-corrected chi connectivity index (χ3v) is 4.47. The largest absolute Gasteiger partial charge is 0.497 e. The number of ether oxygens (including phenoxy) is 1. The Hall–Kier alpha value is -0.630. The van der Waals surface area contributed by atoms with Crippen molar-refractivity contribution in [3.63, 3.8) is 0 Å². The van der Waals surface area contributed by atoms with Gasteiger partial charge in [-0.05, 0) is 54.4 Å². The van der Waals surface area contributed by atoms with E-state index in [-0.39, 0.29) is 0 Å². The molecule has 1 aromatic rings. The molecule has 1 aromatic carbocycles. The van der Waals surface area contributed by atoms with Crippen LogP contribution in [0.3, 0.4) is 0 Å². The van der Waals surface area contributed by atoms with E-state index < -0.39 is 0 Å². The molecule has 0 amide bonds. The highest BCUT2D eigenvalue weighted by atomic mass is 32.2. The van der Waals surface area contributed by atoms with Crippen LogP contribution in [0.1, 0.15) is 24.8 Å². The third-order valence-electron chi connectivity index (χ3n) is 3.27. The van der Waals surface area contributed by atoms with Crippen LogP contribution in [0.25, 0.3) is 0 Å². The zero-order valence-electron chi connectivity index (χ0n) is 9.95. The summed E-state index contributed by atoms with van der Waals surface area (Å²) in [5, 5.41) is 0. The van der Waals surface area contributed by atoms with Crippen LogP contribution in [-0.2, 0) is 6.42 Å². The van der Waals surface area contributed by atoms with Crippen LogP contribution in [0.2, 0.25) is 0 Å². The van der Waals surface area contributed by atoms with Gasteiger partial charge in [0, 0.05) is 0 Å². The van der Waals surface area contributed by atoms with Crippen molar-refractivity contribution in [2.24, 2.45) is 5.92 Å². The molecule has 1 saturated carbocycles. The standard InChI is InChI=1S/C14H20OS/c1-15-14-7-5-12(6-8-14)9-10-16-11-13-3-2-4-13/h5-8,13H,2-4,9-11H2,1H3. The Balaban J connectivity index is 1.64. The Morgan fingerprint density at radius 1 is 1.25 bits per heavy atom. The first kappa shape index (κ1) is 11.8. The molecule has 1 fully saturated rings. The van der Waals surface area contributed by atoms with Crippen molar-refractivity contribution in [1.29, 1.82) is 0 Å². The maximum absolute atomic E-state index is 5.14. The Morgan fingerprint density at radius 2 is 2.00 bits per heavy atom. The quantitative estimate of drug-likeness (QED) is 0.695. The third kappa shape index (κ3) is 3.44. The summed E-state index contributed by atoms with van der Waals surface area (Å²) in [5.41, 5.74) is 1.42. The van der Waals surface area contributed by atoms with Gasteiger partial charge in [-0.25, -0.2) is 0 Å². The maximum Gasteiger partial charge on any atom is 0.118 e. The number of hydrogen-bond donors (Lipinski definition) is 0. The van der Waals surface area contributed by atoms with Crippen LogP contribution in [0.4, 0.5) is 0 Å². The summed E-state index contributed by atoms with van der Waals surface area (Å²) in [6.45, 7) is 0. The summed E-state index contributed by atoms with van der Waals surface area (Å²) in [5.74, 6) is 4.60. The fraction of sp³-hybridized carbons (Fsp3) is 0.571. The fourth-order valence-electron chi connectivity index (χ4n) is 1.89. The molecule has 0 bridgehead atoms. The smallest absolute Gasteiger partial charge is 0.118 e. The summed E-state index contributed by atoms with van der Waals surface area (Å²) in [7, 11) is 1.71. The molecule has 0 heterocycles. The van der Waals surface area contributed by atoms with E-state index in [1.54, 1.807) is 7.11 Å². The fourth-order valence-corrected chi connectivity index (χ4v) is 3.11. The lowest BCUT2D eigenvalue weighted by Crippen LogP contribution is -2.13. The number of hydrogen-bond acceptors (Lipinski definition) is 2. The van der Waals surface area contributed by atoms with Crippen LogP contribution in [-0.4, -0.2) is 18.6 Å². The normalized spacial score (nSPS) is 15.8. The lowest BCUT2D eigenvalue weighted by molar-refractivity contribution is 0.353. The number of benzene rings is 1. The van der Waals surface area contributed by atoms with Crippen LogP contribution in [0.5, 0.6) is 5.75 Å². The topological polar surface area (TPSA) is 9.23 Å². The Bertz CT molecular complexity index is 303. The van der Waals surface area contributed by atoms with Gasteiger partial charge < -0.3 is 4.74 Å². The zero-order chi connectivity index (χ0) is 11.2. The van der Waals surface area contributed by atoms with E-state index in [2.05, 4.69) is 23.9 Å². The average molecular weight is 236 g/mol. The lowest BCUT2D eigenvalue weighted by Gasteiger charge is -2.24. The second kappa shape index (κ2) is 6.19.